The predicted octanol–water partition coefficient (Wildman–Crippen LogP) is 2.35. The van der Waals surface area contributed by atoms with Crippen molar-refractivity contribution < 1.29 is 4.74 Å². The molecule has 0 saturated carbocycles. The Bertz CT molecular complexity index is 378. The number of benzene rings is 1. The van der Waals surface area contributed by atoms with Crippen LogP contribution in [0.25, 0.3) is 0 Å². The summed E-state index contributed by atoms with van der Waals surface area (Å²) in [4.78, 5) is 0. The number of rotatable bonds is 4. The molecule has 1 fully saturated rings. The van der Waals surface area contributed by atoms with Crippen molar-refractivity contribution in [3.63, 3.8) is 0 Å². The van der Waals surface area contributed by atoms with Gasteiger partial charge in [-0.05, 0) is 50.0 Å². The first-order valence-electron chi connectivity index (χ1n) is 6.00. The minimum absolute atomic E-state index is 0.00597. The summed E-state index contributed by atoms with van der Waals surface area (Å²) in [5.74, 6) is 1.49. The van der Waals surface area contributed by atoms with Gasteiger partial charge >= 0.3 is 0 Å². The normalized spacial score (nSPS) is 21.5. The number of ether oxygens (including phenoxy) is 1. The third kappa shape index (κ3) is 3.12. The molecule has 3 N–H and O–H groups in total. The predicted molar refractivity (Wildman–Crippen MR) is 70.5 cm³/mol. The minimum atomic E-state index is -0.00597. The first kappa shape index (κ1) is 12.7. The highest BCUT2D eigenvalue weighted by Crippen LogP contribution is 2.31. The highest BCUT2D eigenvalue weighted by atomic mass is 35.5. The second kappa shape index (κ2) is 5.71. The lowest BCUT2D eigenvalue weighted by Gasteiger charge is -2.19. The monoisotopic (exact) mass is 254 g/mol. The molecule has 1 saturated heterocycles. The Morgan fingerprint density at radius 1 is 1.59 bits per heavy atom. The maximum absolute atomic E-state index is 6.25. The van der Waals surface area contributed by atoms with Crippen molar-refractivity contribution in [3.05, 3.63) is 28.8 Å². The van der Waals surface area contributed by atoms with E-state index in [1.165, 1.54) is 6.42 Å². The Balaban J connectivity index is 2.11. The van der Waals surface area contributed by atoms with Crippen molar-refractivity contribution in [2.75, 3.05) is 20.2 Å². The highest BCUT2D eigenvalue weighted by molar-refractivity contribution is 6.30. The van der Waals surface area contributed by atoms with Crippen LogP contribution in [0.4, 0.5) is 0 Å². The molecule has 1 aliphatic rings. The van der Waals surface area contributed by atoms with Crippen molar-refractivity contribution >= 4 is 11.6 Å². The molecule has 94 valence electrons. The maximum atomic E-state index is 6.25. The standard InChI is InChI=1S/C13H19ClN2O/c1-17-13-3-2-10(14)7-11(13)12(15)6-9-4-5-16-8-9/h2-3,7,9,12,16H,4-6,8,15H2,1H3. The van der Waals surface area contributed by atoms with E-state index < -0.39 is 0 Å². The molecule has 0 aliphatic carbocycles. The van der Waals surface area contributed by atoms with Gasteiger partial charge in [0.05, 0.1) is 7.11 Å². The molecule has 3 nitrogen and oxygen atoms in total. The van der Waals surface area contributed by atoms with Crippen LogP contribution in [0.15, 0.2) is 18.2 Å². The van der Waals surface area contributed by atoms with Crippen LogP contribution in [-0.2, 0) is 0 Å². The van der Waals surface area contributed by atoms with Crippen LogP contribution in [0.1, 0.15) is 24.4 Å². The van der Waals surface area contributed by atoms with E-state index in [2.05, 4.69) is 5.32 Å². The van der Waals surface area contributed by atoms with E-state index in [-0.39, 0.29) is 6.04 Å². The second-order valence-electron chi connectivity index (χ2n) is 4.59. The fourth-order valence-electron chi connectivity index (χ4n) is 2.40. The van der Waals surface area contributed by atoms with E-state index in [0.29, 0.717) is 10.9 Å². The summed E-state index contributed by atoms with van der Waals surface area (Å²) in [5.41, 5.74) is 7.26. The van der Waals surface area contributed by atoms with Gasteiger partial charge in [-0.25, -0.2) is 0 Å². The molecule has 0 radical (unpaired) electrons. The van der Waals surface area contributed by atoms with Crippen molar-refractivity contribution in [1.82, 2.24) is 5.32 Å². The molecule has 0 amide bonds. The quantitative estimate of drug-likeness (QED) is 0.867. The van der Waals surface area contributed by atoms with Crippen LogP contribution >= 0.6 is 11.6 Å². The number of halogens is 1. The Morgan fingerprint density at radius 3 is 3.06 bits per heavy atom. The van der Waals surface area contributed by atoms with E-state index in [1.54, 1.807) is 7.11 Å². The van der Waals surface area contributed by atoms with Gasteiger partial charge in [0.2, 0.25) is 0 Å². The summed E-state index contributed by atoms with van der Waals surface area (Å²) in [6.07, 6.45) is 2.18. The van der Waals surface area contributed by atoms with Gasteiger partial charge in [-0.1, -0.05) is 11.6 Å². The minimum Gasteiger partial charge on any atom is -0.496 e. The van der Waals surface area contributed by atoms with Crippen LogP contribution in [0.2, 0.25) is 5.02 Å². The number of nitrogens with two attached hydrogens (primary N) is 1. The van der Waals surface area contributed by atoms with E-state index in [9.17, 15) is 0 Å². The van der Waals surface area contributed by atoms with Crippen molar-refractivity contribution in [2.45, 2.75) is 18.9 Å². The average molecular weight is 255 g/mol. The van der Waals surface area contributed by atoms with Gasteiger partial charge in [-0.3, -0.25) is 0 Å². The molecule has 1 heterocycles. The summed E-state index contributed by atoms with van der Waals surface area (Å²) in [5, 5.41) is 4.07. The molecule has 17 heavy (non-hydrogen) atoms. The van der Waals surface area contributed by atoms with Crippen LogP contribution in [-0.4, -0.2) is 20.2 Å². The topological polar surface area (TPSA) is 47.3 Å². The lowest BCUT2D eigenvalue weighted by Crippen LogP contribution is -2.18. The largest absolute Gasteiger partial charge is 0.496 e. The van der Waals surface area contributed by atoms with Crippen molar-refractivity contribution in [2.24, 2.45) is 11.7 Å². The molecule has 1 aliphatic heterocycles. The van der Waals surface area contributed by atoms with Gasteiger partial charge in [0.15, 0.2) is 0 Å². The Labute approximate surface area is 107 Å². The zero-order chi connectivity index (χ0) is 12.3. The smallest absolute Gasteiger partial charge is 0.123 e. The molecule has 0 spiro atoms. The molecule has 0 bridgehead atoms. The fraction of sp³-hybridized carbons (Fsp3) is 0.538. The van der Waals surface area contributed by atoms with Gasteiger partial charge in [-0.2, -0.15) is 0 Å². The van der Waals surface area contributed by atoms with Crippen LogP contribution in [0, 0.1) is 5.92 Å². The van der Waals surface area contributed by atoms with Gasteiger partial charge in [0.25, 0.3) is 0 Å². The molecule has 2 rings (SSSR count). The van der Waals surface area contributed by atoms with E-state index in [0.717, 1.165) is 30.8 Å². The van der Waals surface area contributed by atoms with Crippen LogP contribution < -0.4 is 15.8 Å². The van der Waals surface area contributed by atoms with Crippen LogP contribution in [0.5, 0.6) is 5.75 Å². The number of hydrogen-bond acceptors (Lipinski definition) is 3. The van der Waals surface area contributed by atoms with Gasteiger partial charge in [0.1, 0.15) is 5.75 Å². The van der Waals surface area contributed by atoms with E-state index in [1.807, 2.05) is 18.2 Å². The van der Waals surface area contributed by atoms with Gasteiger partial charge in [-0.15, -0.1) is 0 Å². The van der Waals surface area contributed by atoms with Crippen molar-refractivity contribution in [1.29, 1.82) is 0 Å². The maximum Gasteiger partial charge on any atom is 0.123 e. The number of methoxy groups -OCH3 is 1. The van der Waals surface area contributed by atoms with Gasteiger partial charge < -0.3 is 15.8 Å². The summed E-state index contributed by atoms with van der Waals surface area (Å²) in [6.45, 7) is 2.17. The Kier molecular flexibility index (Phi) is 4.26. The molecule has 2 atom stereocenters. The summed E-state index contributed by atoms with van der Waals surface area (Å²) < 4.78 is 5.33. The molecule has 0 aromatic heterocycles. The number of nitrogens with one attached hydrogen (secondary N) is 1. The van der Waals surface area contributed by atoms with E-state index >= 15 is 0 Å². The molecular formula is C13H19ClN2O. The highest BCUT2D eigenvalue weighted by Gasteiger charge is 2.20. The fourth-order valence-corrected chi connectivity index (χ4v) is 2.58. The Morgan fingerprint density at radius 2 is 2.41 bits per heavy atom. The van der Waals surface area contributed by atoms with Crippen LogP contribution in [0.3, 0.4) is 0 Å². The first-order valence-corrected chi connectivity index (χ1v) is 6.38. The lowest BCUT2D eigenvalue weighted by molar-refractivity contribution is 0.396. The molecular weight excluding hydrogens is 236 g/mol. The lowest BCUT2D eigenvalue weighted by atomic mass is 9.94. The average Bonchev–Trinajstić information content (AvgIpc) is 2.81. The summed E-state index contributed by atoms with van der Waals surface area (Å²) in [7, 11) is 1.66. The Hall–Kier alpha value is -0.770. The first-order chi connectivity index (χ1) is 8.20. The van der Waals surface area contributed by atoms with Crippen molar-refractivity contribution in [3.8, 4) is 5.75 Å². The molecule has 4 heteroatoms. The molecule has 1 aromatic carbocycles. The molecule has 2 unspecified atom stereocenters. The van der Waals surface area contributed by atoms with E-state index in [4.69, 9.17) is 22.1 Å². The molecule has 1 aromatic rings. The summed E-state index contributed by atoms with van der Waals surface area (Å²) in [6, 6.07) is 5.61. The SMILES string of the molecule is COc1ccc(Cl)cc1C(N)CC1CCNC1. The summed E-state index contributed by atoms with van der Waals surface area (Å²) >= 11 is 6.01. The second-order valence-corrected chi connectivity index (χ2v) is 5.02. The third-order valence-electron chi connectivity index (χ3n) is 3.34. The van der Waals surface area contributed by atoms with Gasteiger partial charge in [0, 0.05) is 16.6 Å². The zero-order valence-corrected chi connectivity index (χ0v) is 10.8. The zero-order valence-electron chi connectivity index (χ0n) is 10.1. The number of hydrogen-bond donors (Lipinski definition) is 2. The third-order valence-corrected chi connectivity index (χ3v) is 3.58.